The maximum atomic E-state index is 12.4. The molecule has 0 saturated carbocycles. The number of benzene rings is 2. The number of carbonyl (C=O) groups excluding carboxylic acids is 1. The van der Waals surface area contributed by atoms with Crippen LogP contribution in [0.2, 0.25) is 0 Å². The van der Waals surface area contributed by atoms with Crippen molar-refractivity contribution in [1.29, 1.82) is 0 Å². The Morgan fingerprint density at radius 3 is 2.70 bits per heavy atom. The van der Waals surface area contributed by atoms with Crippen molar-refractivity contribution in [2.75, 3.05) is 18.5 Å². The number of anilines is 1. The summed E-state index contributed by atoms with van der Waals surface area (Å²) in [5.74, 6) is 1.31. The zero-order valence-corrected chi connectivity index (χ0v) is 16.2. The topological polar surface area (TPSA) is 56.8 Å². The second-order valence-electron chi connectivity index (χ2n) is 6.99. The first-order valence-corrected chi connectivity index (χ1v) is 9.40. The van der Waals surface area contributed by atoms with Crippen LogP contribution >= 0.6 is 0 Å². The van der Waals surface area contributed by atoms with Crippen molar-refractivity contribution in [1.82, 2.24) is 0 Å². The normalized spacial score (nSPS) is 17.4. The summed E-state index contributed by atoms with van der Waals surface area (Å²) in [4.78, 5) is 12.4. The SMILES string of the molecule is Cc1ccc(C)c(O[C@@H](C)C(=O)Nc2ccc(OC[C@H]3CCCO3)cc2)c1. The minimum Gasteiger partial charge on any atom is -0.491 e. The summed E-state index contributed by atoms with van der Waals surface area (Å²) >= 11 is 0. The number of nitrogens with one attached hydrogen (secondary N) is 1. The number of rotatable bonds is 7. The zero-order chi connectivity index (χ0) is 19.2. The summed E-state index contributed by atoms with van der Waals surface area (Å²) in [6.45, 7) is 7.10. The summed E-state index contributed by atoms with van der Waals surface area (Å²) in [5, 5.41) is 2.88. The zero-order valence-electron chi connectivity index (χ0n) is 16.2. The standard InChI is InChI=1S/C22H27NO4/c1-15-6-7-16(2)21(13-15)27-17(3)22(24)23-18-8-10-19(11-9-18)26-14-20-5-4-12-25-20/h6-11,13,17,20H,4-5,12,14H2,1-3H3,(H,23,24)/t17-,20+/m0/s1. The van der Waals surface area contributed by atoms with E-state index in [1.54, 1.807) is 6.92 Å². The van der Waals surface area contributed by atoms with Crippen molar-refractivity contribution >= 4 is 11.6 Å². The van der Waals surface area contributed by atoms with Crippen LogP contribution in [0.25, 0.3) is 0 Å². The average molecular weight is 369 g/mol. The van der Waals surface area contributed by atoms with Gasteiger partial charge < -0.3 is 19.5 Å². The van der Waals surface area contributed by atoms with E-state index in [1.807, 2.05) is 56.3 Å². The Balaban J connectivity index is 1.51. The third-order valence-corrected chi connectivity index (χ3v) is 4.60. The molecule has 0 radical (unpaired) electrons. The van der Waals surface area contributed by atoms with Gasteiger partial charge in [0.15, 0.2) is 6.10 Å². The predicted octanol–water partition coefficient (Wildman–Crippen LogP) is 4.27. The van der Waals surface area contributed by atoms with Crippen molar-refractivity contribution < 1.29 is 19.0 Å². The van der Waals surface area contributed by atoms with Crippen LogP contribution in [0.1, 0.15) is 30.9 Å². The van der Waals surface area contributed by atoms with E-state index in [4.69, 9.17) is 14.2 Å². The quantitative estimate of drug-likeness (QED) is 0.792. The van der Waals surface area contributed by atoms with E-state index in [2.05, 4.69) is 5.32 Å². The molecule has 0 spiro atoms. The lowest BCUT2D eigenvalue weighted by atomic mass is 10.1. The summed E-state index contributed by atoms with van der Waals surface area (Å²) in [7, 11) is 0. The molecule has 0 aromatic heterocycles. The molecule has 2 aromatic rings. The van der Waals surface area contributed by atoms with E-state index in [0.717, 1.165) is 42.1 Å². The van der Waals surface area contributed by atoms with E-state index in [0.29, 0.717) is 12.3 Å². The van der Waals surface area contributed by atoms with Crippen LogP contribution in [-0.2, 0) is 9.53 Å². The minimum absolute atomic E-state index is 0.187. The average Bonchev–Trinajstić information content (AvgIpc) is 3.17. The molecule has 1 aliphatic heterocycles. The maximum Gasteiger partial charge on any atom is 0.265 e. The molecular weight excluding hydrogens is 342 g/mol. The molecule has 1 fully saturated rings. The predicted molar refractivity (Wildman–Crippen MR) is 106 cm³/mol. The number of ether oxygens (including phenoxy) is 3. The molecule has 3 rings (SSSR count). The first-order valence-electron chi connectivity index (χ1n) is 9.40. The molecule has 1 saturated heterocycles. The third-order valence-electron chi connectivity index (χ3n) is 4.60. The molecule has 2 atom stereocenters. The Kier molecular flexibility index (Phi) is 6.35. The van der Waals surface area contributed by atoms with E-state index >= 15 is 0 Å². The molecule has 5 nitrogen and oxygen atoms in total. The van der Waals surface area contributed by atoms with E-state index in [9.17, 15) is 4.79 Å². The molecule has 0 unspecified atom stereocenters. The monoisotopic (exact) mass is 369 g/mol. The van der Waals surface area contributed by atoms with Gasteiger partial charge in [0, 0.05) is 12.3 Å². The Morgan fingerprint density at radius 2 is 2.00 bits per heavy atom. The summed E-state index contributed by atoms with van der Waals surface area (Å²) in [6, 6.07) is 13.3. The van der Waals surface area contributed by atoms with Gasteiger partial charge in [0.05, 0.1) is 6.10 Å². The molecular formula is C22H27NO4. The van der Waals surface area contributed by atoms with Crippen LogP contribution in [0.5, 0.6) is 11.5 Å². The molecule has 1 heterocycles. The summed E-state index contributed by atoms with van der Waals surface area (Å²) < 4.78 is 17.1. The third kappa shape index (κ3) is 5.47. The van der Waals surface area contributed by atoms with Crippen molar-refractivity contribution in [3.8, 4) is 11.5 Å². The molecule has 144 valence electrons. The number of hydrogen-bond donors (Lipinski definition) is 1. The fourth-order valence-electron chi connectivity index (χ4n) is 2.92. The van der Waals surface area contributed by atoms with Crippen LogP contribution in [0.15, 0.2) is 42.5 Å². The fraction of sp³-hybridized carbons (Fsp3) is 0.409. The Bertz CT molecular complexity index is 766. The molecule has 0 aliphatic carbocycles. The molecule has 5 heteroatoms. The van der Waals surface area contributed by atoms with Gasteiger partial charge in [-0.1, -0.05) is 12.1 Å². The Hall–Kier alpha value is -2.53. The lowest BCUT2D eigenvalue weighted by Crippen LogP contribution is -2.30. The first-order chi connectivity index (χ1) is 13.0. The van der Waals surface area contributed by atoms with Gasteiger partial charge >= 0.3 is 0 Å². The lowest BCUT2D eigenvalue weighted by Gasteiger charge is -2.17. The Labute approximate surface area is 160 Å². The van der Waals surface area contributed by atoms with Gasteiger partial charge in [-0.05, 0) is 75.1 Å². The maximum absolute atomic E-state index is 12.4. The molecule has 1 N–H and O–H groups in total. The van der Waals surface area contributed by atoms with E-state index in [-0.39, 0.29) is 12.0 Å². The van der Waals surface area contributed by atoms with Crippen LogP contribution in [-0.4, -0.2) is 31.3 Å². The number of amides is 1. The molecule has 0 bridgehead atoms. The van der Waals surface area contributed by atoms with E-state index < -0.39 is 6.10 Å². The van der Waals surface area contributed by atoms with Gasteiger partial charge in [-0.2, -0.15) is 0 Å². The van der Waals surface area contributed by atoms with Crippen LogP contribution in [0.4, 0.5) is 5.69 Å². The first kappa shape index (κ1) is 19.2. The van der Waals surface area contributed by atoms with Crippen LogP contribution in [0.3, 0.4) is 0 Å². The second kappa shape index (κ2) is 8.91. The van der Waals surface area contributed by atoms with Crippen LogP contribution < -0.4 is 14.8 Å². The fourth-order valence-corrected chi connectivity index (χ4v) is 2.92. The highest BCUT2D eigenvalue weighted by atomic mass is 16.5. The summed E-state index contributed by atoms with van der Waals surface area (Å²) in [6.07, 6.45) is 1.74. The van der Waals surface area contributed by atoms with Gasteiger partial charge in [-0.3, -0.25) is 4.79 Å². The van der Waals surface area contributed by atoms with Gasteiger partial charge in [0.1, 0.15) is 18.1 Å². The van der Waals surface area contributed by atoms with Crippen molar-refractivity contribution in [2.24, 2.45) is 0 Å². The van der Waals surface area contributed by atoms with Crippen LogP contribution in [0, 0.1) is 13.8 Å². The van der Waals surface area contributed by atoms with Crippen molar-refractivity contribution in [3.05, 3.63) is 53.6 Å². The van der Waals surface area contributed by atoms with Crippen molar-refractivity contribution in [2.45, 2.75) is 45.8 Å². The van der Waals surface area contributed by atoms with Gasteiger partial charge in [-0.15, -0.1) is 0 Å². The molecule has 1 aliphatic rings. The highest BCUT2D eigenvalue weighted by Gasteiger charge is 2.17. The Morgan fingerprint density at radius 1 is 1.22 bits per heavy atom. The van der Waals surface area contributed by atoms with Gasteiger partial charge in [-0.25, -0.2) is 0 Å². The largest absolute Gasteiger partial charge is 0.491 e. The highest BCUT2D eigenvalue weighted by molar-refractivity contribution is 5.94. The van der Waals surface area contributed by atoms with Crippen molar-refractivity contribution in [3.63, 3.8) is 0 Å². The number of carbonyl (C=O) groups is 1. The summed E-state index contributed by atoms with van der Waals surface area (Å²) in [5.41, 5.74) is 2.82. The lowest BCUT2D eigenvalue weighted by molar-refractivity contribution is -0.122. The smallest absolute Gasteiger partial charge is 0.265 e. The molecule has 1 amide bonds. The van der Waals surface area contributed by atoms with Gasteiger partial charge in [0.25, 0.3) is 5.91 Å². The molecule has 2 aromatic carbocycles. The number of aryl methyl sites for hydroxylation is 2. The van der Waals surface area contributed by atoms with E-state index in [1.165, 1.54) is 0 Å². The second-order valence-corrected chi connectivity index (χ2v) is 6.99. The number of hydrogen-bond acceptors (Lipinski definition) is 4. The highest BCUT2D eigenvalue weighted by Crippen LogP contribution is 2.22. The minimum atomic E-state index is -0.596. The molecule has 27 heavy (non-hydrogen) atoms. The van der Waals surface area contributed by atoms with Gasteiger partial charge in [0.2, 0.25) is 0 Å².